The van der Waals surface area contributed by atoms with E-state index in [2.05, 4.69) is 0 Å². The summed E-state index contributed by atoms with van der Waals surface area (Å²) in [7, 11) is -4.21. The number of carbonyl (C=O) groups is 2. The molecule has 0 aliphatic carbocycles. The predicted octanol–water partition coefficient (Wildman–Crippen LogP) is 0.0729. The number of nitriles is 1. The van der Waals surface area contributed by atoms with Crippen LogP contribution >= 0.6 is 0 Å². The molecule has 0 aliphatic rings. The Morgan fingerprint density at radius 3 is 2.43 bits per heavy atom. The molecular formula is C12H12N2O6S. The van der Waals surface area contributed by atoms with Gasteiger partial charge in [0.05, 0.1) is 22.9 Å². The number of carboxylic acids is 2. The Labute approximate surface area is 120 Å². The summed E-state index contributed by atoms with van der Waals surface area (Å²) in [5.41, 5.74) is 0.507. The summed E-state index contributed by atoms with van der Waals surface area (Å²) in [4.78, 5) is 21.2. The molecule has 0 unspecified atom stereocenters. The van der Waals surface area contributed by atoms with E-state index in [0.717, 1.165) is 6.07 Å². The van der Waals surface area contributed by atoms with Crippen LogP contribution in [0, 0.1) is 18.3 Å². The van der Waals surface area contributed by atoms with Crippen LogP contribution in [0.5, 0.6) is 0 Å². The Hall–Kier alpha value is -2.44. The van der Waals surface area contributed by atoms with Gasteiger partial charge >= 0.3 is 11.9 Å². The molecule has 0 spiro atoms. The maximum absolute atomic E-state index is 12.1. The van der Waals surface area contributed by atoms with Crippen molar-refractivity contribution < 1.29 is 28.2 Å². The number of aliphatic carboxylic acids is 2. The van der Waals surface area contributed by atoms with Gasteiger partial charge in [0.1, 0.15) is 6.04 Å². The van der Waals surface area contributed by atoms with E-state index in [0.29, 0.717) is 0 Å². The Morgan fingerprint density at radius 2 is 2.00 bits per heavy atom. The number of nitrogens with zero attached hydrogens (tertiary/aromatic N) is 1. The van der Waals surface area contributed by atoms with Gasteiger partial charge < -0.3 is 10.2 Å². The second-order valence-corrected chi connectivity index (χ2v) is 5.88. The molecular weight excluding hydrogens is 300 g/mol. The maximum Gasteiger partial charge on any atom is 0.322 e. The number of benzene rings is 1. The van der Waals surface area contributed by atoms with Crippen molar-refractivity contribution in [2.45, 2.75) is 24.3 Å². The summed E-state index contributed by atoms with van der Waals surface area (Å²) in [6.07, 6.45) is -0.885. The molecule has 0 saturated carbocycles. The molecule has 0 saturated heterocycles. The highest BCUT2D eigenvalue weighted by Gasteiger charge is 2.28. The predicted molar refractivity (Wildman–Crippen MR) is 69.9 cm³/mol. The third-order valence-corrected chi connectivity index (χ3v) is 4.20. The third kappa shape index (κ3) is 4.27. The smallest absolute Gasteiger partial charge is 0.322 e. The first kappa shape index (κ1) is 16.6. The van der Waals surface area contributed by atoms with Gasteiger partial charge in [-0.3, -0.25) is 9.59 Å². The molecule has 8 nitrogen and oxygen atoms in total. The minimum absolute atomic E-state index is 0.210. The monoisotopic (exact) mass is 312 g/mol. The van der Waals surface area contributed by atoms with Gasteiger partial charge in [0.25, 0.3) is 0 Å². The van der Waals surface area contributed by atoms with Crippen LogP contribution in [0.1, 0.15) is 17.5 Å². The lowest BCUT2D eigenvalue weighted by Crippen LogP contribution is -2.42. The molecule has 1 rings (SSSR count). The number of hydrogen-bond donors (Lipinski definition) is 3. The summed E-state index contributed by atoms with van der Waals surface area (Å²) < 4.78 is 26.0. The van der Waals surface area contributed by atoms with Crippen molar-refractivity contribution in [2.24, 2.45) is 0 Å². The van der Waals surface area contributed by atoms with Gasteiger partial charge in [0.15, 0.2) is 0 Å². The van der Waals surface area contributed by atoms with Gasteiger partial charge in [-0.2, -0.15) is 9.98 Å². The Balaban J connectivity index is 3.13. The van der Waals surface area contributed by atoms with Gasteiger partial charge in [-0.25, -0.2) is 8.42 Å². The van der Waals surface area contributed by atoms with Gasteiger partial charge in [-0.15, -0.1) is 0 Å². The van der Waals surface area contributed by atoms with E-state index in [1.165, 1.54) is 19.1 Å². The van der Waals surface area contributed by atoms with Gasteiger partial charge in [-0.05, 0) is 30.7 Å². The Bertz CT molecular complexity index is 720. The number of carboxylic acid groups (broad SMARTS) is 2. The van der Waals surface area contributed by atoms with Gasteiger partial charge in [0, 0.05) is 0 Å². The normalized spacial score (nSPS) is 12.4. The van der Waals surface area contributed by atoms with Crippen LogP contribution in [-0.2, 0) is 19.6 Å². The largest absolute Gasteiger partial charge is 0.481 e. The van der Waals surface area contributed by atoms with Crippen molar-refractivity contribution in [3.05, 3.63) is 29.3 Å². The summed E-state index contributed by atoms with van der Waals surface area (Å²) in [6, 6.07) is 3.84. The SMILES string of the molecule is Cc1cc(C#N)ccc1S(=O)(=O)N[C@@H](CC(=O)O)C(=O)O. The van der Waals surface area contributed by atoms with Crippen LogP contribution in [0.15, 0.2) is 23.1 Å². The summed E-state index contributed by atoms with van der Waals surface area (Å²) in [6.45, 7) is 1.45. The lowest BCUT2D eigenvalue weighted by atomic mass is 10.2. The standard InChI is InChI=1S/C12H12N2O6S/c1-7-4-8(6-13)2-3-10(7)21(19,20)14-9(12(17)18)5-11(15)16/h2-4,9,14H,5H2,1H3,(H,15,16)(H,17,18)/t9-/m0/s1. The molecule has 0 radical (unpaired) electrons. The number of nitrogens with one attached hydrogen (secondary N) is 1. The molecule has 0 fully saturated rings. The summed E-state index contributed by atoms with van der Waals surface area (Å²) >= 11 is 0. The average Bonchev–Trinajstić information content (AvgIpc) is 2.36. The van der Waals surface area contributed by atoms with Crippen LogP contribution < -0.4 is 4.72 Å². The van der Waals surface area contributed by atoms with E-state index in [-0.39, 0.29) is 16.0 Å². The first-order valence-electron chi connectivity index (χ1n) is 5.65. The molecule has 9 heteroatoms. The number of sulfonamides is 1. The van der Waals surface area contributed by atoms with E-state index in [1.54, 1.807) is 0 Å². The average molecular weight is 312 g/mol. The zero-order chi connectivity index (χ0) is 16.2. The maximum atomic E-state index is 12.1. The van der Waals surface area contributed by atoms with Crippen molar-refractivity contribution in [1.29, 1.82) is 5.26 Å². The summed E-state index contributed by atoms with van der Waals surface area (Å²) in [5.74, 6) is -3.03. The minimum atomic E-state index is -4.21. The minimum Gasteiger partial charge on any atom is -0.481 e. The fraction of sp³-hybridized carbons (Fsp3) is 0.250. The highest BCUT2D eigenvalue weighted by atomic mass is 32.2. The number of aryl methyl sites for hydroxylation is 1. The molecule has 1 aromatic rings. The first-order chi connectivity index (χ1) is 9.67. The number of hydrogen-bond acceptors (Lipinski definition) is 5. The van der Waals surface area contributed by atoms with Crippen molar-refractivity contribution in [2.75, 3.05) is 0 Å². The molecule has 0 aromatic heterocycles. The van der Waals surface area contributed by atoms with E-state index >= 15 is 0 Å². The van der Waals surface area contributed by atoms with Gasteiger partial charge in [-0.1, -0.05) is 0 Å². The van der Waals surface area contributed by atoms with Crippen LogP contribution in [0.4, 0.5) is 0 Å². The quantitative estimate of drug-likeness (QED) is 0.674. The van der Waals surface area contributed by atoms with Crippen LogP contribution in [0.25, 0.3) is 0 Å². The molecule has 1 aromatic carbocycles. The molecule has 1 atom stereocenters. The van der Waals surface area contributed by atoms with Gasteiger partial charge in [0.2, 0.25) is 10.0 Å². The van der Waals surface area contributed by atoms with Crippen molar-refractivity contribution in [1.82, 2.24) is 4.72 Å². The highest BCUT2D eigenvalue weighted by molar-refractivity contribution is 7.89. The van der Waals surface area contributed by atoms with E-state index in [9.17, 15) is 18.0 Å². The fourth-order valence-electron chi connectivity index (χ4n) is 1.63. The Morgan fingerprint density at radius 1 is 1.38 bits per heavy atom. The zero-order valence-corrected chi connectivity index (χ0v) is 11.7. The van der Waals surface area contributed by atoms with E-state index in [1.807, 2.05) is 10.8 Å². The number of rotatable bonds is 6. The molecule has 0 heterocycles. The lowest BCUT2D eigenvalue weighted by molar-refractivity contribution is -0.145. The van der Waals surface area contributed by atoms with E-state index < -0.39 is 34.4 Å². The van der Waals surface area contributed by atoms with E-state index in [4.69, 9.17) is 15.5 Å². The topological polar surface area (TPSA) is 145 Å². The molecule has 0 amide bonds. The molecule has 0 aliphatic heterocycles. The molecule has 3 N–H and O–H groups in total. The molecule has 112 valence electrons. The van der Waals surface area contributed by atoms with Crippen molar-refractivity contribution >= 4 is 22.0 Å². The molecule has 0 bridgehead atoms. The lowest BCUT2D eigenvalue weighted by Gasteiger charge is -2.14. The zero-order valence-electron chi connectivity index (χ0n) is 10.9. The fourth-order valence-corrected chi connectivity index (χ4v) is 3.04. The Kier molecular flexibility index (Phi) is 5.02. The second-order valence-electron chi connectivity index (χ2n) is 4.20. The van der Waals surface area contributed by atoms with Crippen LogP contribution in [-0.4, -0.2) is 36.6 Å². The van der Waals surface area contributed by atoms with Crippen molar-refractivity contribution in [3.63, 3.8) is 0 Å². The second kappa shape index (κ2) is 6.34. The summed E-state index contributed by atoms with van der Waals surface area (Å²) in [5, 5.41) is 26.2. The van der Waals surface area contributed by atoms with Crippen LogP contribution in [0.2, 0.25) is 0 Å². The van der Waals surface area contributed by atoms with Crippen molar-refractivity contribution in [3.8, 4) is 6.07 Å². The third-order valence-electron chi connectivity index (χ3n) is 2.57. The van der Waals surface area contributed by atoms with Crippen LogP contribution in [0.3, 0.4) is 0 Å². The first-order valence-corrected chi connectivity index (χ1v) is 7.13. The molecule has 21 heavy (non-hydrogen) atoms. The highest BCUT2D eigenvalue weighted by Crippen LogP contribution is 2.17.